The molecule has 1 fully saturated rings. The Labute approximate surface area is 172 Å². The molecule has 2 aromatic carbocycles. The first kappa shape index (κ1) is 18.3. The third-order valence-electron chi connectivity index (χ3n) is 3.63. The summed E-state index contributed by atoms with van der Waals surface area (Å²) in [5.74, 6) is 0.665. The number of carboxylic acids is 1. The van der Waals surface area contributed by atoms with E-state index in [9.17, 15) is 4.79 Å². The van der Waals surface area contributed by atoms with E-state index in [1.54, 1.807) is 11.8 Å². The summed E-state index contributed by atoms with van der Waals surface area (Å²) < 4.78 is 8.06. The molecule has 2 N–H and O–H groups in total. The predicted molar refractivity (Wildman–Crippen MR) is 112 cm³/mol. The lowest BCUT2D eigenvalue weighted by Crippen LogP contribution is -2.33. The number of hydrogen-bond acceptors (Lipinski definition) is 4. The molecular weight excluding hydrogens is 552 g/mol. The molecule has 7 heteroatoms. The molecule has 1 aliphatic heterocycles. The van der Waals surface area contributed by atoms with E-state index >= 15 is 0 Å². The van der Waals surface area contributed by atoms with Crippen LogP contribution in [0.15, 0.2) is 42.5 Å². The summed E-state index contributed by atoms with van der Waals surface area (Å²) in [6.07, 6.45) is 0. The molecule has 0 radical (unpaired) electrons. The van der Waals surface area contributed by atoms with Crippen molar-refractivity contribution in [3.8, 4) is 5.75 Å². The lowest BCUT2D eigenvalue weighted by Gasteiger charge is -2.16. The highest BCUT2D eigenvalue weighted by Crippen LogP contribution is 2.37. The maximum atomic E-state index is 11.1. The van der Waals surface area contributed by atoms with Crippen LogP contribution in [0.4, 0.5) is 0 Å². The molecule has 126 valence electrons. The van der Waals surface area contributed by atoms with Crippen molar-refractivity contribution in [3.05, 3.63) is 60.7 Å². The van der Waals surface area contributed by atoms with Gasteiger partial charge in [0.15, 0.2) is 0 Å². The predicted octanol–water partition coefficient (Wildman–Crippen LogP) is 4.26. The fourth-order valence-electron chi connectivity index (χ4n) is 2.40. The van der Waals surface area contributed by atoms with Crippen LogP contribution in [0.3, 0.4) is 0 Å². The smallest absolute Gasteiger partial charge is 0.321 e. The Kier molecular flexibility index (Phi) is 6.27. The first-order valence-corrected chi connectivity index (χ1v) is 10.5. The molecule has 2 atom stereocenters. The van der Waals surface area contributed by atoms with Gasteiger partial charge in [0.1, 0.15) is 18.4 Å². The number of halogens is 2. The van der Waals surface area contributed by atoms with Crippen molar-refractivity contribution in [2.45, 2.75) is 18.0 Å². The number of thioether (sulfide) groups is 1. The standard InChI is InChI=1S/C17H15I2NO3S/c18-12-6-11(16-20-14(9-24-16)17(21)22)7-13(19)15(12)23-8-10-4-2-1-3-5-10/h1-7,14,16,20H,8-9H2,(H,21,22)/t14-,16?/m0/s1. The molecule has 1 heterocycles. The molecule has 3 rings (SSSR count). The SMILES string of the molecule is O=C(O)[C@@H]1CSC(c2cc(I)c(OCc3ccccc3)c(I)c2)N1. The Hall–Kier alpha value is -0.520. The van der Waals surface area contributed by atoms with Crippen LogP contribution in [0.5, 0.6) is 5.75 Å². The van der Waals surface area contributed by atoms with Crippen molar-refractivity contribution in [1.82, 2.24) is 5.32 Å². The van der Waals surface area contributed by atoms with E-state index in [-0.39, 0.29) is 5.37 Å². The second-order valence-electron chi connectivity index (χ2n) is 5.36. The summed E-state index contributed by atoms with van der Waals surface area (Å²) in [7, 11) is 0. The molecule has 0 spiro atoms. The topological polar surface area (TPSA) is 58.6 Å². The fourth-order valence-corrected chi connectivity index (χ4v) is 5.75. The van der Waals surface area contributed by atoms with Gasteiger partial charge in [0.25, 0.3) is 0 Å². The summed E-state index contributed by atoms with van der Waals surface area (Å²) in [5, 5.41) is 12.3. The Balaban J connectivity index is 1.73. The Morgan fingerprint density at radius 1 is 1.25 bits per heavy atom. The maximum Gasteiger partial charge on any atom is 0.321 e. The maximum absolute atomic E-state index is 11.1. The van der Waals surface area contributed by atoms with Crippen LogP contribution in [0, 0.1) is 7.14 Å². The van der Waals surface area contributed by atoms with Gasteiger partial charge in [-0.3, -0.25) is 10.1 Å². The average Bonchev–Trinajstić information content (AvgIpc) is 3.05. The summed E-state index contributed by atoms with van der Waals surface area (Å²) in [6.45, 7) is 0.531. The first-order chi connectivity index (χ1) is 11.5. The van der Waals surface area contributed by atoms with Crippen molar-refractivity contribution >= 4 is 62.9 Å². The minimum absolute atomic E-state index is 0.0105. The zero-order valence-corrected chi connectivity index (χ0v) is 17.7. The Morgan fingerprint density at radius 3 is 2.50 bits per heavy atom. The van der Waals surface area contributed by atoms with Crippen LogP contribution < -0.4 is 10.1 Å². The third kappa shape index (κ3) is 4.36. The number of benzene rings is 2. The summed E-state index contributed by atoms with van der Waals surface area (Å²) in [4.78, 5) is 11.1. The van der Waals surface area contributed by atoms with Gasteiger partial charge in [0, 0.05) is 5.75 Å². The molecule has 0 bridgehead atoms. The molecule has 1 saturated heterocycles. The van der Waals surface area contributed by atoms with Crippen LogP contribution in [0.2, 0.25) is 0 Å². The minimum atomic E-state index is -0.794. The number of nitrogens with one attached hydrogen (secondary N) is 1. The molecule has 1 unspecified atom stereocenters. The lowest BCUT2D eigenvalue weighted by atomic mass is 10.2. The highest BCUT2D eigenvalue weighted by atomic mass is 127. The van der Waals surface area contributed by atoms with E-state index in [0.717, 1.165) is 24.0 Å². The Bertz CT molecular complexity index is 719. The molecule has 24 heavy (non-hydrogen) atoms. The summed E-state index contributed by atoms with van der Waals surface area (Å²) >= 11 is 6.18. The van der Waals surface area contributed by atoms with Crippen LogP contribution in [0.25, 0.3) is 0 Å². The summed E-state index contributed by atoms with van der Waals surface area (Å²) in [6, 6.07) is 13.7. The molecule has 0 aromatic heterocycles. The highest BCUT2D eigenvalue weighted by molar-refractivity contribution is 14.1. The van der Waals surface area contributed by atoms with Crippen molar-refractivity contribution in [2.75, 3.05) is 5.75 Å². The van der Waals surface area contributed by atoms with Gasteiger partial charge < -0.3 is 9.84 Å². The number of ether oxygens (including phenoxy) is 1. The third-order valence-corrected chi connectivity index (χ3v) is 6.50. The summed E-state index contributed by atoms with van der Waals surface area (Å²) in [5.41, 5.74) is 2.22. The van der Waals surface area contributed by atoms with Crippen LogP contribution in [-0.4, -0.2) is 22.9 Å². The largest absolute Gasteiger partial charge is 0.487 e. The number of hydrogen-bond donors (Lipinski definition) is 2. The van der Waals surface area contributed by atoms with Crippen molar-refractivity contribution in [2.24, 2.45) is 0 Å². The van der Waals surface area contributed by atoms with E-state index in [1.165, 1.54) is 0 Å². The Morgan fingerprint density at radius 2 is 1.92 bits per heavy atom. The lowest BCUT2D eigenvalue weighted by molar-refractivity contribution is -0.138. The van der Waals surface area contributed by atoms with Crippen LogP contribution in [0.1, 0.15) is 16.5 Å². The fraction of sp³-hybridized carbons (Fsp3) is 0.235. The average molecular weight is 567 g/mol. The van der Waals surface area contributed by atoms with Crippen molar-refractivity contribution in [3.63, 3.8) is 0 Å². The molecule has 4 nitrogen and oxygen atoms in total. The van der Waals surface area contributed by atoms with Gasteiger partial charge in [-0.1, -0.05) is 30.3 Å². The van der Waals surface area contributed by atoms with Gasteiger partial charge in [-0.15, -0.1) is 11.8 Å². The van der Waals surface area contributed by atoms with Crippen LogP contribution >= 0.6 is 56.9 Å². The first-order valence-electron chi connectivity index (χ1n) is 7.30. The normalized spacial score (nSPS) is 20.1. The number of rotatable bonds is 5. The number of carboxylic acid groups (broad SMARTS) is 1. The molecule has 0 amide bonds. The molecule has 0 aliphatic carbocycles. The van der Waals surface area contributed by atoms with Crippen molar-refractivity contribution < 1.29 is 14.6 Å². The molecule has 1 aliphatic rings. The van der Waals surface area contributed by atoms with Crippen molar-refractivity contribution in [1.29, 1.82) is 0 Å². The van der Waals surface area contributed by atoms with E-state index in [2.05, 4.69) is 62.6 Å². The number of carbonyl (C=O) groups is 1. The van der Waals surface area contributed by atoms with E-state index in [4.69, 9.17) is 9.84 Å². The van der Waals surface area contributed by atoms with Gasteiger partial charge in [0.2, 0.25) is 0 Å². The monoisotopic (exact) mass is 567 g/mol. The quantitative estimate of drug-likeness (QED) is 0.530. The van der Waals surface area contributed by atoms with Gasteiger partial charge in [-0.2, -0.15) is 0 Å². The molecule has 2 aromatic rings. The van der Waals surface area contributed by atoms with E-state index in [0.29, 0.717) is 12.4 Å². The van der Waals surface area contributed by atoms with Gasteiger partial charge in [-0.25, -0.2) is 0 Å². The van der Waals surface area contributed by atoms with Gasteiger partial charge in [0.05, 0.1) is 12.5 Å². The highest BCUT2D eigenvalue weighted by Gasteiger charge is 2.31. The zero-order chi connectivity index (χ0) is 17.1. The zero-order valence-electron chi connectivity index (χ0n) is 12.5. The molecular formula is C17H15I2NO3S. The van der Waals surface area contributed by atoms with E-state index in [1.807, 2.05) is 30.3 Å². The minimum Gasteiger partial charge on any atom is -0.487 e. The van der Waals surface area contributed by atoms with Gasteiger partial charge in [-0.05, 0) is 68.4 Å². The second kappa shape index (κ2) is 8.24. The molecule has 0 saturated carbocycles. The second-order valence-corrected chi connectivity index (χ2v) is 8.82. The number of aliphatic carboxylic acids is 1. The van der Waals surface area contributed by atoms with E-state index < -0.39 is 12.0 Å². The van der Waals surface area contributed by atoms with Gasteiger partial charge >= 0.3 is 5.97 Å². The van der Waals surface area contributed by atoms with Crippen LogP contribution in [-0.2, 0) is 11.4 Å².